The van der Waals surface area contributed by atoms with Gasteiger partial charge in [0.25, 0.3) is 0 Å². The maximum atomic E-state index is 12.0. The van der Waals surface area contributed by atoms with Crippen LogP contribution in [0.15, 0.2) is 37.0 Å². The fourth-order valence-corrected chi connectivity index (χ4v) is 5.35. The molecule has 0 saturated carbocycles. The van der Waals surface area contributed by atoms with Gasteiger partial charge in [-0.25, -0.2) is 0 Å². The van der Waals surface area contributed by atoms with Crippen LogP contribution in [0, 0.1) is 17.3 Å². The zero-order valence-electron chi connectivity index (χ0n) is 25.2. The van der Waals surface area contributed by atoms with Gasteiger partial charge in [-0.1, -0.05) is 50.8 Å². The summed E-state index contributed by atoms with van der Waals surface area (Å²) < 4.78 is 17.4. The number of unbranched alkanes of at least 4 members (excludes halogenated alkanes) is 1. The highest BCUT2D eigenvalue weighted by molar-refractivity contribution is 5.75. The molecule has 2 saturated heterocycles. The molecule has 2 rings (SSSR count). The van der Waals surface area contributed by atoms with Crippen LogP contribution in [-0.2, 0) is 19.0 Å². The standard InChI is InChI=1S/C31H52O10/c1-8-9-12-21(32)15-18(2)16-24-26(35)25(34)20(4)27(40-24)28(36)31(38)17-22(33)19(3)23(41-31)13-10-11-14-39-29(37)30(5,6)7/h8-9,12,19-28,32-36,38H,1-2,10-11,13-17H2,3-7H3/b12-9+/t19-,20-,21-,22+,23-,24-,25-,26-,27-,28+,31-/m1/s1. The molecule has 0 aromatic carbocycles. The van der Waals surface area contributed by atoms with Crippen LogP contribution >= 0.6 is 0 Å². The zero-order valence-corrected chi connectivity index (χ0v) is 25.2. The molecule has 236 valence electrons. The molecule has 10 heteroatoms. The van der Waals surface area contributed by atoms with E-state index < -0.39 is 66.0 Å². The summed E-state index contributed by atoms with van der Waals surface area (Å²) >= 11 is 0. The predicted octanol–water partition coefficient (Wildman–Crippen LogP) is 2.15. The van der Waals surface area contributed by atoms with Crippen molar-refractivity contribution in [2.45, 2.75) is 128 Å². The van der Waals surface area contributed by atoms with Crippen molar-refractivity contribution < 1.29 is 49.6 Å². The van der Waals surface area contributed by atoms with Gasteiger partial charge in [-0.05, 0) is 52.9 Å². The number of ether oxygens (including phenoxy) is 3. The first kappa shape index (κ1) is 35.6. The first-order valence-corrected chi connectivity index (χ1v) is 14.6. The summed E-state index contributed by atoms with van der Waals surface area (Å²) in [5, 5.41) is 65.2. The maximum absolute atomic E-state index is 12.0. The summed E-state index contributed by atoms with van der Waals surface area (Å²) in [6.07, 6.45) is -2.28. The average Bonchev–Trinajstić information content (AvgIpc) is 2.89. The molecule has 10 nitrogen and oxygen atoms in total. The first-order chi connectivity index (χ1) is 19.0. The summed E-state index contributed by atoms with van der Waals surface area (Å²) in [5.41, 5.74) is -0.0222. The van der Waals surface area contributed by atoms with Gasteiger partial charge in [0, 0.05) is 18.3 Å². The molecule has 0 unspecified atom stereocenters. The Balaban J connectivity index is 2.06. The Bertz CT molecular complexity index is 898. The van der Waals surface area contributed by atoms with E-state index in [2.05, 4.69) is 13.2 Å². The summed E-state index contributed by atoms with van der Waals surface area (Å²) in [4.78, 5) is 12.0. The Morgan fingerprint density at radius 1 is 1.10 bits per heavy atom. The van der Waals surface area contributed by atoms with Crippen LogP contribution in [0.4, 0.5) is 0 Å². The van der Waals surface area contributed by atoms with Crippen LogP contribution in [0.1, 0.15) is 73.1 Å². The van der Waals surface area contributed by atoms with Crippen molar-refractivity contribution in [1.82, 2.24) is 0 Å². The van der Waals surface area contributed by atoms with Crippen LogP contribution in [0.25, 0.3) is 0 Å². The molecule has 2 heterocycles. The van der Waals surface area contributed by atoms with Gasteiger partial charge in [-0.15, -0.1) is 0 Å². The van der Waals surface area contributed by atoms with E-state index in [1.165, 1.54) is 6.08 Å². The van der Waals surface area contributed by atoms with Gasteiger partial charge >= 0.3 is 5.97 Å². The number of hydrogen-bond donors (Lipinski definition) is 6. The molecule has 2 aliphatic rings. The molecule has 6 N–H and O–H groups in total. The quantitative estimate of drug-likeness (QED) is 0.0817. The number of aliphatic hydroxyl groups is 6. The van der Waals surface area contributed by atoms with Gasteiger partial charge < -0.3 is 44.8 Å². The lowest BCUT2D eigenvalue weighted by atomic mass is 9.78. The summed E-state index contributed by atoms with van der Waals surface area (Å²) in [6.45, 7) is 16.5. The summed E-state index contributed by atoms with van der Waals surface area (Å²) in [5.74, 6) is -3.55. The highest BCUT2D eigenvalue weighted by Gasteiger charge is 2.55. The van der Waals surface area contributed by atoms with Crippen LogP contribution in [0.5, 0.6) is 0 Å². The van der Waals surface area contributed by atoms with Crippen molar-refractivity contribution in [1.29, 1.82) is 0 Å². The molecule has 2 aliphatic heterocycles. The van der Waals surface area contributed by atoms with Crippen molar-refractivity contribution in [2.24, 2.45) is 17.3 Å². The lowest BCUT2D eigenvalue weighted by Gasteiger charge is -2.50. The molecule has 0 aromatic heterocycles. The Morgan fingerprint density at radius 2 is 1.76 bits per heavy atom. The van der Waals surface area contributed by atoms with Crippen LogP contribution in [0.3, 0.4) is 0 Å². The minimum atomic E-state index is -2.16. The molecule has 0 bridgehead atoms. The topological polar surface area (TPSA) is 166 Å². The van der Waals surface area contributed by atoms with Gasteiger partial charge in [0.05, 0.1) is 48.6 Å². The van der Waals surface area contributed by atoms with E-state index >= 15 is 0 Å². The Hall–Kier alpha value is -1.63. The number of hydrogen-bond acceptors (Lipinski definition) is 10. The third kappa shape index (κ3) is 9.69. The molecule has 0 amide bonds. The van der Waals surface area contributed by atoms with Crippen molar-refractivity contribution >= 4 is 5.97 Å². The summed E-state index contributed by atoms with van der Waals surface area (Å²) in [7, 11) is 0. The Morgan fingerprint density at radius 3 is 2.37 bits per heavy atom. The molecular weight excluding hydrogens is 532 g/mol. The number of allylic oxidation sites excluding steroid dienone is 2. The number of rotatable bonds is 13. The number of esters is 1. The van der Waals surface area contributed by atoms with Gasteiger partial charge in [-0.2, -0.15) is 0 Å². The lowest BCUT2D eigenvalue weighted by molar-refractivity contribution is -0.350. The van der Waals surface area contributed by atoms with Gasteiger partial charge in [0.15, 0.2) is 5.79 Å². The molecule has 0 radical (unpaired) electrons. The van der Waals surface area contributed by atoms with Crippen LogP contribution < -0.4 is 0 Å². The fraction of sp³-hybridized carbons (Fsp3) is 0.774. The zero-order chi connectivity index (χ0) is 31.1. The highest BCUT2D eigenvalue weighted by Crippen LogP contribution is 2.40. The minimum Gasteiger partial charge on any atom is -0.465 e. The predicted molar refractivity (Wildman–Crippen MR) is 153 cm³/mol. The van der Waals surface area contributed by atoms with Gasteiger partial charge in [0.1, 0.15) is 12.2 Å². The van der Waals surface area contributed by atoms with E-state index in [0.29, 0.717) is 24.8 Å². The highest BCUT2D eigenvalue weighted by atomic mass is 16.7. The smallest absolute Gasteiger partial charge is 0.311 e. The fourth-order valence-electron chi connectivity index (χ4n) is 5.35. The molecule has 11 atom stereocenters. The van der Waals surface area contributed by atoms with Crippen LogP contribution in [-0.4, -0.2) is 97.8 Å². The number of aliphatic hydroxyl groups excluding tert-OH is 5. The molecule has 41 heavy (non-hydrogen) atoms. The van der Waals surface area contributed by atoms with E-state index in [1.54, 1.807) is 46.8 Å². The second kappa shape index (κ2) is 15.2. The Kier molecular flexibility index (Phi) is 13.2. The first-order valence-electron chi connectivity index (χ1n) is 14.6. The van der Waals surface area contributed by atoms with Crippen molar-refractivity contribution in [3.63, 3.8) is 0 Å². The van der Waals surface area contributed by atoms with E-state index in [9.17, 15) is 35.4 Å². The van der Waals surface area contributed by atoms with E-state index in [-0.39, 0.29) is 37.8 Å². The maximum Gasteiger partial charge on any atom is 0.311 e. The van der Waals surface area contributed by atoms with Crippen molar-refractivity contribution in [3.8, 4) is 0 Å². The SMILES string of the molecule is C=C/C=C/[C@@H](O)CC(=C)C[C@H]1O[C@@H]([C@H](O)[C@@]2(O)C[C@H](O)[C@@H](C)[C@@H](CCCCOC(=O)C(C)(C)C)O2)[C@H](C)[C@@H](O)[C@@H]1O. The molecule has 0 aliphatic carbocycles. The molecular formula is C31H52O10. The van der Waals surface area contributed by atoms with Crippen molar-refractivity contribution in [3.05, 3.63) is 37.0 Å². The lowest BCUT2D eigenvalue weighted by Crippen LogP contribution is -2.65. The molecule has 0 spiro atoms. The average molecular weight is 585 g/mol. The number of carbonyl (C=O) groups is 1. The van der Waals surface area contributed by atoms with E-state index in [1.807, 2.05) is 0 Å². The largest absolute Gasteiger partial charge is 0.465 e. The molecule has 0 aromatic rings. The summed E-state index contributed by atoms with van der Waals surface area (Å²) in [6, 6.07) is 0. The third-order valence-electron chi connectivity index (χ3n) is 8.13. The van der Waals surface area contributed by atoms with Crippen molar-refractivity contribution in [2.75, 3.05) is 6.61 Å². The second-order valence-electron chi connectivity index (χ2n) is 12.8. The third-order valence-corrected chi connectivity index (χ3v) is 8.13. The monoisotopic (exact) mass is 584 g/mol. The molecule has 2 fully saturated rings. The normalized spacial score (nSPS) is 36.1. The van der Waals surface area contributed by atoms with Gasteiger partial charge in [-0.3, -0.25) is 4.79 Å². The van der Waals surface area contributed by atoms with E-state index in [4.69, 9.17) is 14.2 Å². The van der Waals surface area contributed by atoms with E-state index in [0.717, 1.165) is 0 Å². The number of carbonyl (C=O) groups excluding carboxylic acids is 1. The van der Waals surface area contributed by atoms with Gasteiger partial charge in [0.2, 0.25) is 0 Å². The minimum absolute atomic E-state index is 0.106. The second-order valence-corrected chi connectivity index (χ2v) is 12.8. The van der Waals surface area contributed by atoms with Crippen LogP contribution in [0.2, 0.25) is 0 Å². The Labute approximate surface area is 244 Å².